The van der Waals surface area contributed by atoms with Gasteiger partial charge in [-0.05, 0) is 68.6 Å². The summed E-state index contributed by atoms with van der Waals surface area (Å²) in [6, 6.07) is 14.7. The van der Waals surface area contributed by atoms with Crippen LogP contribution in [0.2, 0.25) is 0 Å². The second kappa shape index (κ2) is 8.89. The number of benzene rings is 2. The monoisotopic (exact) mass is 394 g/mol. The maximum absolute atomic E-state index is 12.5. The highest BCUT2D eigenvalue weighted by molar-refractivity contribution is 7.92. The van der Waals surface area contributed by atoms with Crippen molar-refractivity contribution in [3.8, 4) is 0 Å². The molecule has 1 aliphatic heterocycles. The van der Waals surface area contributed by atoms with E-state index in [4.69, 9.17) is 0 Å². The molecule has 0 amide bonds. The first-order valence-corrected chi connectivity index (χ1v) is 10.4. The summed E-state index contributed by atoms with van der Waals surface area (Å²) in [4.78, 5) is 2.78. The molecule has 4 nitrogen and oxygen atoms in total. The summed E-state index contributed by atoms with van der Waals surface area (Å²) < 4.78 is 27.6. The highest BCUT2D eigenvalue weighted by Gasteiger charge is 2.23. The van der Waals surface area contributed by atoms with Gasteiger partial charge in [0.05, 0.1) is 4.90 Å². The van der Waals surface area contributed by atoms with Gasteiger partial charge >= 0.3 is 0 Å². The second-order valence-electron chi connectivity index (χ2n) is 6.83. The Hall–Kier alpha value is -1.56. The Morgan fingerprint density at radius 2 is 1.73 bits per heavy atom. The van der Waals surface area contributed by atoms with Gasteiger partial charge in [0.15, 0.2) is 0 Å². The van der Waals surface area contributed by atoms with E-state index in [2.05, 4.69) is 16.5 Å². The van der Waals surface area contributed by atoms with Crippen molar-refractivity contribution in [2.45, 2.75) is 37.5 Å². The molecule has 0 spiro atoms. The van der Waals surface area contributed by atoms with Crippen LogP contribution in [0.4, 0.5) is 5.69 Å². The first-order chi connectivity index (χ1) is 12.0. The van der Waals surface area contributed by atoms with Crippen LogP contribution in [0.3, 0.4) is 0 Å². The number of nitrogens with zero attached hydrogens (tertiary/aromatic N) is 1. The maximum atomic E-state index is 12.5. The fourth-order valence-electron chi connectivity index (χ4n) is 3.38. The third kappa shape index (κ3) is 5.00. The van der Waals surface area contributed by atoms with Gasteiger partial charge in [-0.25, -0.2) is 8.42 Å². The van der Waals surface area contributed by atoms with Crippen LogP contribution in [0.5, 0.6) is 0 Å². The van der Waals surface area contributed by atoms with Gasteiger partial charge in [0.1, 0.15) is 0 Å². The molecular formula is C20H27ClN2O2S. The van der Waals surface area contributed by atoms with Gasteiger partial charge in [0, 0.05) is 12.2 Å². The summed E-state index contributed by atoms with van der Waals surface area (Å²) in [7, 11) is -3.54. The lowest BCUT2D eigenvalue weighted by Gasteiger charge is -2.15. The van der Waals surface area contributed by atoms with E-state index >= 15 is 0 Å². The number of aryl methyl sites for hydroxylation is 1. The quantitative estimate of drug-likeness (QED) is 0.789. The minimum atomic E-state index is -3.54. The van der Waals surface area contributed by atoms with Gasteiger partial charge < -0.3 is 4.90 Å². The van der Waals surface area contributed by atoms with Crippen LogP contribution in [0.1, 0.15) is 36.8 Å². The summed E-state index contributed by atoms with van der Waals surface area (Å²) in [5, 5.41) is 0. The molecule has 1 aliphatic rings. The Morgan fingerprint density at radius 1 is 1.08 bits per heavy atom. The predicted molar refractivity (Wildman–Crippen MR) is 110 cm³/mol. The number of sulfonamides is 1. The summed E-state index contributed by atoms with van der Waals surface area (Å²) in [5.74, 6) is 0.550. The third-order valence-corrected chi connectivity index (χ3v) is 6.17. The van der Waals surface area contributed by atoms with E-state index in [1.165, 1.54) is 18.4 Å². The molecule has 1 atom stereocenters. The molecular weight excluding hydrogens is 368 g/mol. The Balaban J connectivity index is 0.00000243. The van der Waals surface area contributed by atoms with Crippen LogP contribution < -0.4 is 4.72 Å². The van der Waals surface area contributed by atoms with Crippen molar-refractivity contribution >= 4 is 28.1 Å². The van der Waals surface area contributed by atoms with Gasteiger partial charge in [-0.2, -0.15) is 0 Å². The van der Waals surface area contributed by atoms with E-state index in [0.29, 0.717) is 11.6 Å². The Bertz CT molecular complexity index is 805. The highest BCUT2D eigenvalue weighted by atomic mass is 35.5. The molecule has 0 aliphatic carbocycles. The molecule has 1 fully saturated rings. The molecule has 1 heterocycles. The zero-order chi connectivity index (χ0) is 17.9. The first-order valence-electron chi connectivity index (χ1n) is 8.90. The molecule has 0 radical (unpaired) electrons. The zero-order valence-corrected chi connectivity index (χ0v) is 16.9. The van der Waals surface area contributed by atoms with Crippen LogP contribution in [0.25, 0.3) is 0 Å². The maximum Gasteiger partial charge on any atom is 0.261 e. The fraction of sp³-hybridized carbons (Fsp3) is 0.400. The molecule has 1 N–H and O–H groups in total. The Labute approximate surface area is 163 Å². The minimum absolute atomic E-state index is 0. The normalized spacial score (nSPS) is 17.7. The Morgan fingerprint density at radius 3 is 2.35 bits per heavy atom. The molecule has 0 aromatic heterocycles. The number of hydrogen-bond acceptors (Lipinski definition) is 3. The number of anilines is 1. The van der Waals surface area contributed by atoms with Crippen molar-refractivity contribution in [1.29, 1.82) is 0 Å². The SMILES string of the molecule is CCCN1CC[C@@H](c2ccc(NS(=O)(=O)c3ccc(C)cc3)cc2)C1.Cl. The molecule has 2 aromatic rings. The lowest BCUT2D eigenvalue weighted by atomic mass is 9.98. The van der Waals surface area contributed by atoms with Crippen LogP contribution in [-0.4, -0.2) is 33.0 Å². The largest absolute Gasteiger partial charge is 0.303 e. The fourth-order valence-corrected chi connectivity index (χ4v) is 4.44. The van der Waals surface area contributed by atoms with E-state index in [1.54, 1.807) is 24.3 Å². The van der Waals surface area contributed by atoms with Crippen LogP contribution in [0, 0.1) is 6.92 Å². The molecule has 1 saturated heterocycles. The van der Waals surface area contributed by atoms with Gasteiger partial charge in [-0.3, -0.25) is 4.72 Å². The summed E-state index contributed by atoms with van der Waals surface area (Å²) in [5.41, 5.74) is 2.93. The standard InChI is InChI=1S/C20H26N2O2S.ClH/c1-3-13-22-14-12-18(15-22)17-6-8-19(9-7-17)21-25(23,24)20-10-4-16(2)5-11-20;/h4-11,18,21H,3,12-15H2,1-2H3;1H/t18-;/m1./s1. The van der Waals surface area contributed by atoms with Crippen molar-refractivity contribution in [2.24, 2.45) is 0 Å². The second-order valence-corrected chi connectivity index (χ2v) is 8.51. The Kier molecular flexibility index (Phi) is 7.09. The molecule has 2 aromatic carbocycles. The van der Waals surface area contributed by atoms with Crippen LogP contribution >= 0.6 is 12.4 Å². The van der Waals surface area contributed by atoms with Gasteiger partial charge in [0.2, 0.25) is 0 Å². The summed E-state index contributed by atoms with van der Waals surface area (Å²) in [6.45, 7) is 7.56. The van der Waals surface area contributed by atoms with Gasteiger partial charge in [-0.1, -0.05) is 36.8 Å². The van der Waals surface area contributed by atoms with Gasteiger partial charge in [0.25, 0.3) is 10.0 Å². The number of likely N-dealkylation sites (tertiary alicyclic amines) is 1. The average Bonchev–Trinajstić information content (AvgIpc) is 3.05. The third-order valence-electron chi connectivity index (χ3n) is 4.78. The van der Waals surface area contributed by atoms with Crippen molar-refractivity contribution < 1.29 is 8.42 Å². The average molecular weight is 395 g/mol. The lowest BCUT2D eigenvalue weighted by molar-refractivity contribution is 0.335. The molecule has 0 bridgehead atoms. The number of rotatable bonds is 6. The van der Waals surface area contributed by atoms with Crippen molar-refractivity contribution in [1.82, 2.24) is 4.90 Å². The highest BCUT2D eigenvalue weighted by Crippen LogP contribution is 2.28. The van der Waals surface area contributed by atoms with E-state index in [-0.39, 0.29) is 17.3 Å². The first kappa shape index (κ1) is 20.7. The van der Waals surface area contributed by atoms with Gasteiger partial charge in [-0.15, -0.1) is 12.4 Å². The van der Waals surface area contributed by atoms with Crippen LogP contribution in [-0.2, 0) is 10.0 Å². The topological polar surface area (TPSA) is 49.4 Å². The minimum Gasteiger partial charge on any atom is -0.303 e. The molecule has 142 valence electrons. The van der Waals surface area contributed by atoms with Crippen molar-refractivity contribution in [2.75, 3.05) is 24.4 Å². The molecule has 26 heavy (non-hydrogen) atoms. The molecule has 0 saturated carbocycles. The number of nitrogens with one attached hydrogen (secondary N) is 1. The van der Waals surface area contributed by atoms with Crippen LogP contribution in [0.15, 0.2) is 53.4 Å². The van der Waals surface area contributed by atoms with E-state index in [0.717, 1.165) is 25.2 Å². The van der Waals surface area contributed by atoms with Crippen molar-refractivity contribution in [3.63, 3.8) is 0 Å². The zero-order valence-electron chi connectivity index (χ0n) is 15.3. The summed E-state index contributed by atoms with van der Waals surface area (Å²) >= 11 is 0. The van der Waals surface area contributed by atoms with E-state index in [9.17, 15) is 8.42 Å². The molecule has 6 heteroatoms. The smallest absolute Gasteiger partial charge is 0.261 e. The molecule has 3 rings (SSSR count). The van der Waals surface area contributed by atoms with E-state index < -0.39 is 10.0 Å². The summed E-state index contributed by atoms with van der Waals surface area (Å²) in [6.07, 6.45) is 2.36. The van der Waals surface area contributed by atoms with E-state index in [1.807, 2.05) is 31.2 Å². The number of halogens is 1. The number of hydrogen-bond donors (Lipinski definition) is 1. The molecule has 0 unspecified atom stereocenters. The van der Waals surface area contributed by atoms with Crippen molar-refractivity contribution in [3.05, 3.63) is 59.7 Å². The lowest BCUT2D eigenvalue weighted by Crippen LogP contribution is -2.20. The predicted octanol–water partition coefficient (Wildman–Crippen LogP) is 4.42.